The van der Waals surface area contributed by atoms with E-state index in [2.05, 4.69) is 5.32 Å². The highest BCUT2D eigenvalue weighted by Crippen LogP contribution is 2.31. The van der Waals surface area contributed by atoms with E-state index in [9.17, 15) is 18.0 Å². The molecule has 202 valence electrons. The van der Waals surface area contributed by atoms with Gasteiger partial charge in [-0.2, -0.15) is 0 Å². The van der Waals surface area contributed by atoms with Crippen LogP contribution in [0.4, 0.5) is 5.69 Å². The normalized spacial score (nSPS) is 12.5. The summed E-state index contributed by atoms with van der Waals surface area (Å²) in [5.74, 6) is -0.859. The molecule has 0 radical (unpaired) electrons. The molecule has 0 fully saturated rings. The lowest BCUT2D eigenvalue weighted by Gasteiger charge is -2.34. The first kappa shape index (κ1) is 29.2. The van der Waals surface area contributed by atoms with Gasteiger partial charge in [-0.15, -0.1) is 0 Å². The number of carbonyl (C=O) groups is 2. The van der Waals surface area contributed by atoms with E-state index in [0.29, 0.717) is 16.3 Å². The molecule has 0 bridgehead atoms. The highest BCUT2D eigenvalue weighted by molar-refractivity contribution is 7.92. The number of hydrogen-bond donors (Lipinski definition) is 1. The second-order valence-electron chi connectivity index (χ2n) is 10.1. The minimum Gasteiger partial charge on any atom is -0.350 e. The number of benzene rings is 3. The second kappa shape index (κ2) is 12.0. The Morgan fingerprint density at radius 2 is 1.50 bits per heavy atom. The van der Waals surface area contributed by atoms with Gasteiger partial charge in [0.25, 0.3) is 10.0 Å². The van der Waals surface area contributed by atoms with Gasteiger partial charge >= 0.3 is 0 Å². The van der Waals surface area contributed by atoms with Crippen molar-refractivity contribution in [3.63, 3.8) is 0 Å². The zero-order valence-electron chi connectivity index (χ0n) is 22.3. The van der Waals surface area contributed by atoms with Crippen LogP contribution in [0.2, 0.25) is 5.02 Å². The number of rotatable bonds is 9. The lowest BCUT2D eigenvalue weighted by molar-refractivity contribution is -0.140. The van der Waals surface area contributed by atoms with Gasteiger partial charge in [0.1, 0.15) is 12.6 Å². The molecule has 1 N–H and O–H groups in total. The molecule has 3 aromatic carbocycles. The van der Waals surface area contributed by atoms with Crippen LogP contribution >= 0.6 is 11.6 Å². The number of nitrogens with zero attached hydrogens (tertiary/aromatic N) is 2. The number of anilines is 1. The van der Waals surface area contributed by atoms with Gasteiger partial charge < -0.3 is 10.2 Å². The van der Waals surface area contributed by atoms with Crippen LogP contribution in [0.3, 0.4) is 0 Å². The van der Waals surface area contributed by atoms with E-state index in [-0.39, 0.29) is 17.3 Å². The third-order valence-electron chi connectivity index (χ3n) is 5.98. The highest BCUT2D eigenvalue weighted by Gasteiger charge is 2.34. The zero-order chi connectivity index (χ0) is 28.1. The zero-order valence-corrected chi connectivity index (χ0v) is 23.9. The third kappa shape index (κ3) is 7.14. The van der Waals surface area contributed by atoms with E-state index < -0.39 is 34.1 Å². The van der Waals surface area contributed by atoms with Crippen LogP contribution < -0.4 is 9.62 Å². The predicted molar refractivity (Wildman–Crippen MR) is 152 cm³/mol. The molecule has 3 rings (SSSR count). The minimum atomic E-state index is -4.14. The van der Waals surface area contributed by atoms with E-state index >= 15 is 0 Å². The standard InChI is InChI=1S/C29H34ClN3O4S/c1-21-25(30)17-12-18-26(21)33(38(36,37)24-15-10-7-11-16-24)20-27(34)32(19-23-13-8-6-9-14-23)22(2)28(35)31-29(3,4)5/h6-18,22H,19-20H2,1-5H3,(H,31,35)/t22-/m1/s1. The Balaban J connectivity index is 2.06. The largest absolute Gasteiger partial charge is 0.350 e. The lowest BCUT2D eigenvalue weighted by atomic mass is 10.1. The molecule has 2 amide bonds. The van der Waals surface area contributed by atoms with Crippen molar-refractivity contribution in [1.82, 2.24) is 10.2 Å². The van der Waals surface area contributed by atoms with E-state index in [1.807, 2.05) is 51.1 Å². The van der Waals surface area contributed by atoms with Gasteiger partial charge in [-0.05, 0) is 70.0 Å². The summed E-state index contributed by atoms with van der Waals surface area (Å²) in [6.07, 6.45) is 0. The van der Waals surface area contributed by atoms with Gasteiger partial charge in [0.05, 0.1) is 10.6 Å². The Bertz CT molecular complexity index is 1370. The fourth-order valence-corrected chi connectivity index (χ4v) is 5.60. The van der Waals surface area contributed by atoms with Gasteiger partial charge in [-0.25, -0.2) is 8.42 Å². The van der Waals surface area contributed by atoms with Gasteiger partial charge in [0.2, 0.25) is 11.8 Å². The number of nitrogens with one attached hydrogen (secondary N) is 1. The first-order chi connectivity index (χ1) is 17.8. The first-order valence-electron chi connectivity index (χ1n) is 12.3. The number of carbonyl (C=O) groups excluding carboxylic acids is 2. The molecule has 1 atom stereocenters. The summed E-state index contributed by atoms with van der Waals surface area (Å²) >= 11 is 6.34. The van der Waals surface area contributed by atoms with Crippen LogP contribution in [0.5, 0.6) is 0 Å². The Hall–Kier alpha value is -3.36. The average molecular weight is 556 g/mol. The summed E-state index contributed by atoms with van der Waals surface area (Å²) < 4.78 is 28.7. The molecule has 0 aliphatic rings. The molecule has 7 nitrogen and oxygen atoms in total. The fraction of sp³-hybridized carbons (Fsp3) is 0.310. The second-order valence-corrected chi connectivity index (χ2v) is 12.4. The van der Waals surface area contributed by atoms with Crippen molar-refractivity contribution in [2.24, 2.45) is 0 Å². The summed E-state index contributed by atoms with van der Waals surface area (Å²) in [4.78, 5) is 28.5. The summed E-state index contributed by atoms with van der Waals surface area (Å²) in [5, 5.41) is 3.29. The first-order valence-corrected chi connectivity index (χ1v) is 14.1. The quantitative estimate of drug-likeness (QED) is 0.394. The Morgan fingerprint density at radius 3 is 2.08 bits per heavy atom. The molecule has 0 aliphatic heterocycles. The molecule has 0 aliphatic carbocycles. The monoisotopic (exact) mass is 555 g/mol. The summed E-state index contributed by atoms with van der Waals surface area (Å²) in [6.45, 7) is 8.54. The molecular formula is C29H34ClN3O4S. The maximum Gasteiger partial charge on any atom is 0.264 e. The highest BCUT2D eigenvalue weighted by atomic mass is 35.5. The molecule has 0 unspecified atom stereocenters. The summed E-state index contributed by atoms with van der Waals surface area (Å²) in [6, 6.07) is 21.3. The van der Waals surface area contributed by atoms with Crippen molar-refractivity contribution < 1.29 is 18.0 Å². The molecule has 0 spiro atoms. The molecule has 3 aromatic rings. The molecule has 38 heavy (non-hydrogen) atoms. The summed E-state index contributed by atoms with van der Waals surface area (Å²) in [5.41, 5.74) is 1.12. The van der Waals surface area contributed by atoms with E-state index in [4.69, 9.17) is 11.6 Å². The Labute approximate surface area is 230 Å². The van der Waals surface area contributed by atoms with Crippen LogP contribution in [0.25, 0.3) is 0 Å². The van der Waals surface area contributed by atoms with Gasteiger partial charge in [0, 0.05) is 17.1 Å². The smallest absolute Gasteiger partial charge is 0.264 e. The van der Waals surface area contributed by atoms with Crippen LogP contribution in [0, 0.1) is 6.92 Å². The van der Waals surface area contributed by atoms with Crippen molar-refractivity contribution in [2.45, 2.75) is 57.6 Å². The number of hydrogen-bond acceptors (Lipinski definition) is 4. The van der Waals surface area contributed by atoms with Gasteiger partial charge in [0.15, 0.2) is 0 Å². The lowest BCUT2D eigenvalue weighted by Crippen LogP contribution is -2.54. The van der Waals surface area contributed by atoms with E-state index in [1.54, 1.807) is 50.2 Å². The molecule has 0 heterocycles. The molecule has 0 saturated heterocycles. The topological polar surface area (TPSA) is 86.8 Å². The fourth-order valence-electron chi connectivity index (χ4n) is 3.94. The Kier molecular flexibility index (Phi) is 9.22. The minimum absolute atomic E-state index is 0.0420. The molecule has 9 heteroatoms. The van der Waals surface area contributed by atoms with Crippen LogP contribution in [0.1, 0.15) is 38.8 Å². The number of halogens is 1. The number of amides is 2. The molecule has 0 saturated carbocycles. The predicted octanol–water partition coefficient (Wildman–Crippen LogP) is 5.18. The van der Waals surface area contributed by atoms with E-state index in [0.717, 1.165) is 9.87 Å². The van der Waals surface area contributed by atoms with Crippen molar-refractivity contribution in [3.05, 3.63) is 95.0 Å². The van der Waals surface area contributed by atoms with E-state index in [1.165, 1.54) is 17.0 Å². The maximum absolute atomic E-state index is 13.9. The van der Waals surface area contributed by atoms with Crippen LogP contribution in [0.15, 0.2) is 83.8 Å². The van der Waals surface area contributed by atoms with Gasteiger partial charge in [-0.1, -0.05) is 66.2 Å². The van der Waals surface area contributed by atoms with Crippen LogP contribution in [-0.2, 0) is 26.2 Å². The third-order valence-corrected chi connectivity index (χ3v) is 8.16. The van der Waals surface area contributed by atoms with Gasteiger partial charge in [-0.3, -0.25) is 13.9 Å². The SMILES string of the molecule is Cc1c(Cl)cccc1N(CC(=O)N(Cc1ccccc1)[C@H](C)C(=O)NC(C)(C)C)S(=O)(=O)c1ccccc1. The van der Waals surface area contributed by atoms with Crippen molar-refractivity contribution in [1.29, 1.82) is 0 Å². The molecular weight excluding hydrogens is 522 g/mol. The van der Waals surface area contributed by atoms with Crippen molar-refractivity contribution >= 4 is 39.1 Å². The maximum atomic E-state index is 13.9. The summed E-state index contributed by atoms with van der Waals surface area (Å²) in [7, 11) is -4.14. The van der Waals surface area contributed by atoms with Crippen LogP contribution in [-0.4, -0.2) is 43.3 Å². The number of sulfonamides is 1. The van der Waals surface area contributed by atoms with Crippen molar-refractivity contribution in [2.75, 3.05) is 10.8 Å². The average Bonchev–Trinajstić information content (AvgIpc) is 2.87. The van der Waals surface area contributed by atoms with Crippen molar-refractivity contribution in [3.8, 4) is 0 Å². The molecule has 0 aromatic heterocycles. The Morgan fingerprint density at radius 1 is 0.921 bits per heavy atom.